The summed E-state index contributed by atoms with van der Waals surface area (Å²) >= 11 is 0. The van der Waals surface area contributed by atoms with Crippen LogP contribution < -0.4 is 24.7 Å². The van der Waals surface area contributed by atoms with Gasteiger partial charge in [-0.25, -0.2) is 0 Å². The number of hydrogen-bond acceptors (Lipinski definition) is 7. The molecule has 0 saturated carbocycles. The van der Waals surface area contributed by atoms with Crippen LogP contribution in [0.15, 0.2) is 53.9 Å². The van der Waals surface area contributed by atoms with Gasteiger partial charge in [0.05, 0.1) is 38.0 Å². The van der Waals surface area contributed by atoms with Crippen molar-refractivity contribution in [2.75, 3.05) is 20.8 Å². The molecule has 0 amide bonds. The molecule has 1 atom stereocenters. The molecule has 1 aliphatic heterocycles. The van der Waals surface area contributed by atoms with E-state index in [1.54, 1.807) is 14.2 Å². The minimum Gasteiger partial charge on any atom is -0.497 e. The monoisotopic (exact) mass is 418 g/mol. The van der Waals surface area contributed by atoms with E-state index >= 15 is 0 Å². The lowest BCUT2D eigenvalue weighted by Crippen LogP contribution is -2.21. The minimum absolute atomic E-state index is 0.0325. The van der Waals surface area contributed by atoms with Gasteiger partial charge in [-0.15, -0.1) is 5.10 Å². The number of nitrogens with one attached hydrogen (secondary N) is 1. The molecule has 1 unspecified atom stereocenters. The number of nitrogens with two attached hydrogens (primary N) is 1. The van der Waals surface area contributed by atoms with E-state index in [2.05, 4.69) is 16.3 Å². The highest BCUT2D eigenvalue weighted by Gasteiger charge is 2.36. The van der Waals surface area contributed by atoms with Crippen molar-refractivity contribution in [3.8, 4) is 40.5 Å². The van der Waals surface area contributed by atoms with Crippen molar-refractivity contribution in [1.82, 2.24) is 10.2 Å². The number of allylic oxidation sites excluding steroid dienone is 1. The van der Waals surface area contributed by atoms with Crippen LogP contribution in [0.5, 0.6) is 23.1 Å². The van der Waals surface area contributed by atoms with Gasteiger partial charge < -0.3 is 24.7 Å². The van der Waals surface area contributed by atoms with Crippen molar-refractivity contribution in [3.05, 3.63) is 65.0 Å². The quantitative estimate of drug-likeness (QED) is 0.627. The third-order valence-corrected chi connectivity index (χ3v) is 5.12. The normalized spacial score (nSPS) is 15.0. The van der Waals surface area contributed by atoms with Crippen molar-refractivity contribution >= 4 is 0 Å². The number of H-pyrrole nitrogens is 1. The molecule has 31 heavy (non-hydrogen) atoms. The van der Waals surface area contributed by atoms with E-state index in [9.17, 15) is 5.26 Å². The van der Waals surface area contributed by atoms with Crippen LogP contribution in [0.3, 0.4) is 0 Å². The van der Waals surface area contributed by atoms with Crippen LogP contribution in [0.4, 0.5) is 0 Å². The molecule has 0 saturated heterocycles. The third-order valence-electron chi connectivity index (χ3n) is 5.12. The van der Waals surface area contributed by atoms with Gasteiger partial charge in [0.15, 0.2) is 11.5 Å². The van der Waals surface area contributed by atoms with Gasteiger partial charge in [-0.05, 0) is 42.8 Å². The van der Waals surface area contributed by atoms with E-state index in [1.807, 2.05) is 49.4 Å². The number of rotatable bonds is 6. The molecule has 0 aliphatic carbocycles. The first kappa shape index (κ1) is 20.2. The van der Waals surface area contributed by atoms with Crippen molar-refractivity contribution in [2.45, 2.75) is 12.8 Å². The molecule has 158 valence electrons. The Kier molecular flexibility index (Phi) is 5.41. The summed E-state index contributed by atoms with van der Waals surface area (Å²) in [6.45, 7) is 2.44. The van der Waals surface area contributed by atoms with Gasteiger partial charge >= 0.3 is 0 Å². The van der Waals surface area contributed by atoms with Gasteiger partial charge in [0.2, 0.25) is 11.8 Å². The Morgan fingerprint density at radius 1 is 1.16 bits per heavy atom. The molecule has 0 bridgehead atoms. The van der Waals surface area contributed by atoms with Crippen LogP contribution in [0, 0.1) is 11.3 Å². The molecule has 1 aliphatic rings. The average Bonchev–Trinajstić information content (AvgIpc) is 3.21. The maximum absolute atomic E-state index is 9.86. The highest BCUT2D eigenvalue weighted by atomic mass is 16.5. The van der Waals surface area contributed by atoms with Gasteiger partial charge in [0, 0.05) is 5.56 Å². The van der Waals surface area contributed by atoms with Gasteiger partial charge in [-0.1, -0.05) is 12.1 Å². The molecule has 0 radical (unpaired) electrons. The lowest BCUT2D eigenvalue weighted by atomic mass is 9.83. The predicted octanol–water partition coefficient (Wildman–Crippen LogP) is 3.71. The zero-order valence-corrected chi connectivity index (χ0v) is 17.4. The predicted molar refractivity (Wildman–Crippen MR) is 114 cm³/mol. The van der Waals surface area contributed by atoms with Crippen LogP contribution >= 0.6 is 0 Å². The number of nitriles is 1. The fourth-order valence-electron chi connectivity index (χ4n) is 3.72. The standard InChI is InChI=1S/C23H22N4O4/c1-4-30-17-9-8-14(11-18(17)29-3)21-20-19(13-6-5-7-15(10-13)28-2)16(12-24)22(25)31-23(20)27-26-21/h5-11,19H,4,25H2,1-3H3,(H,26,27). The summed E-state index contributed by atoms with van der Waals surface area (Å²) < 4.78 is 22.2. The number of methoxy groups -OCH3 is 2. The van der Waals surface area contributed by atoms with Crippen LogP contribution in [0.25, 0.3) is 11.3 Å². The molecule has 0 spiro atoms. The fourth-order valence-corrected chi connectivity index (χ4v) is 3.72. The molecule has 2 heterocycles. The van der Waals surface area contributed by atoms with Gasteiger partial charge in [-0.2, -0.15) is 5.26 Å². The first-order valence-electron chi connectivity index (χ1n) is 9.72. The van der Waals surface area contributed by atoms with Crippen LogP contribution in [-0.4, -0.2) is 31.0 Å². The van der Waals surface area contributed by atoms with Crippen molar-refractivity contribution < 1.29 is 18.9 Å². The number of hydrogen-bond donors (Lipinski definition) is 2. The van der Waals surface area contributed by atoms with Gasteiger partial charge in [0.1, 0.15) is 17.4 Å². The van der Waals surface area contributed by atoms with E-state index in [0.717, 1.165) is 11.1 Å². The van der Waals surface area contributed by atoms with Crippen molar-refractivity contribution in [3.63, 3.8) is 0 Å². The Bertz CT molecular complexity index is 1190. The number of fused-ring (bicyclic) bond motifs is 1. The summed E-state index contributed by atoms with van der Waals surface area (Å²) in [5.74, 6) is 1.79. The van der Waals surface area contributed by atoms with E-state index in [0.29, 0.717) is 46.6 Å². The van der Waals surface area contributed by atoms with E-state index in [-0.39, 0.29) is 5.88 Å². The van der Waals surface area contributed by atoms with Crippen molar-refractivity contribution in [2.24, 2.45) is 5.73 Å². The molecule has 1 aromatic heterocycles. The summed E-state index contributed by atoms with van der Waals surface area (Å²) in [5, 5.41) is 17.2. The van der Waals surface area contributed by atoms with Crippen molar-refractivity contribution in [1.29, 1.82) is 5.26 Å². The molecular formula is C23H22N4O4. The summed E-state index contributed by atoms with van der Waals surface area (Å²) in [7, 11) is 3.18. The summed E-state index contributed by atoms with van der Waals surface area (Å²) in [6.07, 6.45) is 0. The Labute approximate surface area is 179 Å². The SMILES string of the molecule is CCOc1ccc(-c2[nH]nc3c2C(c2cccc(OC)c2)C(C#N)=C(N)O3)cc1OC. The third kappa shape index (κ3) is 3.51. The first-order valence-corrected chi connectivity index (χ1v) is 9.72. The molecular weight excluding hydrogens is 396 g/mol. The molecule has 8 nitrogen and oxygen atoms in total. The number of aromatic nitrogens is 2. The first-order chi connectivity index (χ1) is 15.1. The second kappa shape index (κ2) is 8.32. The molecule has 4 rings (SSSR count). The highest BCUT2D eigenvalue weighted by Crippen LogP contribution is 2.46. The summed E-state index contributed by atoms with van der Waals surface area (Å²) in [5.41, 5.74) is 9.43. The number of nitrogens with zero attached hydrogens (tertiary/aromatic N) is 2. The van der Waals surface area contributed by atoms with Crippen LogP contribution in [-0.2, 0) is 0 Å². The minimum atomic E-state index is -0.477. The van der Waals surface area contributed by atoms with E-state index in [1.165, 1.54) is 0 Å². The van der Waals surface area contributed by atoms with E-state index in [4.69, 9.17) is 24.7 Å². The molecule has 3 aromatic rings. The lowest BCUT2D eigenvalue weighted by molar-refractivity contribution is 0.311. The second-order valence-electron chi connectivity index (χ2n) is 6.82. The zero-order chi connectivity index (χ0) is 22.0. The number of aromatic amines is 1. The van der Waals surface area contributed by atoms with E-state index < -0.39 is 5.92 Å². The zero-order valence-electron chi connectivity index (χ0n) is 17.4. The molecule has 2 aromatic carbocycles. The molecule has 3 N–H and O–H groups in total. The Hall–Kier alpha value is -4.12. The molecule has 8 heteroatoms. The maximum atomic E-state index is 9.86. The number of ether oxygens (including phenoxy) is 4. The van der Waals surface area contributed by atoms with Crippen LogP contribution in [0.1, 0.15) is 24.0 Å². The topological polar surface area (TPSA) is 115 Å². The highest BCUT2D eigenvalue weighted by molar-refractivity contribution is 5.73. The smallest absolute Gasteiger partial charge is 0.244 e. The number of benzene rings is 2. The van der Waals surface area contributed by atoms with Gasteiger partial charge in [-0.3, -0.25) is 5.10 Å². The van der Waals surface area contributed by atoms with Gasteiger partial charge in [0.25, 0.3) is 0 Å². The Balaban J connectivity index is 1.89. The fraction of sp³-hybridized carbons (Fsp3) is 0.217. The summed E-state index contributed by atoms with van der Waals surface area (Å²) in [4.78, 5) is 0. The van der Waals surface area contributed by atoms with Crippen LogP contribution in [0.2, 0.25) is 0 Å². The molecule has 0 fully saturated rings. The summed E-state index contributed by atoms with van der Waals surface area (Å²) in [6, 6.07) is 15.3. The largest absolute Gasteiger partial charge is 0.497 e. The second-order valence-corrected chi connectivity index (χ2v) is 6.82. The Morgan fingerprint density at radius 3 is 2.71 bits per heavy atom. The lowest BCUT2D eigenvalue weighted by Gasteiger charge is -2.24. The maximum Gasteiger partial charge on any atom is 0.244 e. The average molecular weight is 418 g/mol. The Morgan fingerprint density at radius 2 is 2.00 bits per heavy atom.